The first kappa shape index (κ1) is 11.9. The van der Waals surface area contributed by atoms with Crippen molar-refractivity contribution in [3.8, 4) is 11.8 Å². The Labute approximate surface area is 81.5 Å². The number of thioether (sulfide) groups is 1. The number of hydrogen-bond donors (Lipinski definition) is 0. The molecule has 0 aliphatic rings. The highest BCUT2D eigenvalue weighted by Gasteiger charge is 1.96. The van der Waals surface area contributed by atoms with Crippen LogP contribution in [0.4, 0.5) is 0 Å². The maximum absolute atomic E-state index is 3.25. The van der Waals surface area contributed by atoms with Crippen LogP contribution < -0.4 is 0 Å². The molecule has 0 radical (unpaired) electrons. The normalized spacial score (nSPS) is 14.7. The van der Waals surface area contributed by atoms with E-state index in [1.54, 1.807) is 0 Å². The van der Waals surface area contributed by atoms with Gasteiger partial charge in [-0.15, -0.1) is 17.7 Å². The van der Waals surface area contributed by atoms with Crippen LogP contribution in [0, 0.1) is 17.8 Å². The summed E-state index contributed by atoms with van der Waals surface area (Å²) in [5, 5.41) is 0.499. The van der Waals surface area contributed by atoms with Crippen LogP contribution in [0.1, 0.15) is 40.0 Å². The van der Waals surface area contributed by atoms with Crippen molar-refractivity contribution in [3.63, 3.8) is 0 Å². The molecule has 0 aliphatic carbocycles. The van der Waals surface area contributed by atoms with Crippen LogP contribution in [-0.2, 0) is 0 Å². The lowest BCUT2D eigenvalue weighted by atomic mass is 10.0. The Bertz CT molecular complexity index is 152. The molecule has 1 heteroatoms. The SMILES string of the molecule is CCCC(C)CC#CC(C)SC. The summed E-state index contributed by atoms with van der Waals surface area (Å²) in [6.45, 7) is 6.67. The van der Waals surface area contributed by atoms with E-state index in [2.05, 4.69) is 38.9 Å². The van der Waals surface area contributed by atoms with E-state index >= 15 is 0 Å². The van der Waals surface area contributed by atoms with Crippen LogP contribution in [-0.4, -0.2) is 11.5 Å². The molecule has 0 saturated heterocycles. The third-order valence-electron chi connectivity index (χ3n) is 1.89. The fraction of sp³-hybridized carbons (Fsp3) is 0.818. The summed E-state index contributed by atoms with van der Waals surface area (Å²) in [5.74, 6) is 7.26. The predicted molar refractivity (Wildman–Crippen MR) is 59.4 cm³/mol. The van der Waals surface area contributed by atoms with Gasteiger partial charge in [0.1, 0.15) is 0 Å². The summed E-state index contributed by atoms with van der Waals surface area (Å²) in [4.78, 5) is 0. The zero-order chi connectivity index (χ0) is 9.40. The predicted octanol–water partition coefficient (Wildman–Crippen LogP) is 3.57. The Morgan fingerprint density at radius 2 is 2.00 bits per heavy atom. The highest BCUT2D eigenvalue weighted by atomic mass is 32.2. The van der Waals surface area contributed by atoms with Gasteiger partial charge < -0.3 is 0 Å². The first-order valence-corrected chi connectivity index (χ1v) is 6.00. The highest BCUT2D eigenvalue weighted by molar-refractivity contribution is 7.99. The minimum atomic E-state index is 0.499. The van der Waals surface area contributed by atoms with E-state index in [0.29, 0.717) is 5.25 Å². The van der Waals surface area contributed by atoms with Crippen molar-refractivity contribution >= 4 is 11.8 Å². The Balaban J connectivity index is 3.55. The van der Waals surface area contributed by atoms with Gasteiger partial charge in [-0.05, 0) is 19.1 Å². The van der Waals surface area contributed by atoms with Crippen molar-refractivity contribution in [3.05, 3.63) is 0 Å². The molecule has 0 heterocycles. The largest absolute Gasteiger partial charge is 0.149 e. The van der Waals surface area contributed by atoms with Crippen LogP contribution >= 0.6 is 11.8 Å². The summed E-state index contributed by atoms with van der Waals surface area (Å²) in [6.07, 6.45) is 5.76. The van der Waals surface area contributed by atoms with Crippen LogP contribution in [0.2, 0.25) is 0 Å². The van der Waals surface area contributed by atoms with Gasteiger partial charge in [0, 0.05) is 6.42 Å². The van der Waals surface area contributed by atoms with Crippen LogP contribution in [0.25, 0.3) is 0 Å². The number of rotatable bonds is 4. The number of hydrogen-bond acceptors (Lipinski definition) is 1. The van der Waals surface area contributed by atoms with Crippen molar-refractivity contribution in [2.24, 2.45) is 5.92 Å². The molecule has 0 nitrogen and oxygen atoms in total. The zero-order valence-corrected chi connectivity index (χ0v) is 9.50. The first-order chi connectivity index (χ1) is 5.70. The van der Waals surface area contributed by atoms with Gasteiger partial charge in [-0.1, -0.05) is 32.6 Å². The van der Waals surface area contributed by atoms with Gasteiger partial charge in [-0.3, -0.25) is 0 Å². The topological polar surface area (TPSA) is 0 Å². The third kappa shape index (κ3) is 6.61. The van der Waals surface area contributed by atoms with E-state index in [4.69, 9.17) is 0 Å². The Morgan fingerprint density at radius 1 is 1.33 bits per heavy atom. The highest BCUT2D eigenvalue weighted by Crippen LogP contribution is 2.09. The summed E-state index contributed by atoms with van der Waals surface area (Å²) >= 11 is 1.82. The molecule has 0 N–H and O–H groups in total. The van der Waals surface area contributed by atoms with Crippen molar-refractivity contribution in [1.29, 1.82) is 0 Å². The van der Waals surface area contributed by atoms with Gasteiger partial charge in [0.15, 0.2) is 0 Å². The molecule has 0 aromatic heterocycles. The standard InChI is InChI=1S/C11H20S/c1-5-7-10(2)8-6-9-11(3)12-4/h10-11H,5,7-8H2,1-4H3. The molecule has 0 amide bonds. The maximum Gasteiger partial charge on any atom is 0.0626 e. The van der Waals surface area contributed by atoms with Crippen LogP contribution in [0.5, 0.6) is 0 Å². The van der Waals surface area contributed by atoms with E-state index in [0.717, 1.165) is 12.3 Å². The van der Waals surface area contributed by atoms with Crippen molar-refractivity contribution in [1.82, 2.24) is 0 Å². The molecule has 2 atom stereocenters. The van der Waals surface area contributed by atoms with Crippen molar-refractivity contribution in [2.75, 3.05) is 6.26 Å². The Hall–Kier alpha value is -0.0900. The summed E-state index contributed by atoms with van der Waals surface area (Å²) in [7, 11) is 0. The van der Waals surface area contributed by atoms with Gasteiger partial charge >= 0.3 is 0 Å². The second-order valence-electron chi connectivity index (χ2n) is 3.30. The molecular formula is C11H20S. The van der Waals surface area contributed by atoms with E-state index < -0.39 is 0 Å². The van der Waals surface area contributed by atoms with Gasteiger partial charge in [-0.2, -0.15) is 0 Å². The molecule has 0 spiro atoms. The van der Waals surface area contributed by atoms with Crippen LogP contribution in [0.3, 0.4) is 0 Å². The van der Waals surface area contributed by atoms with Crippen molar-refractivity contribution in [2.45, 2.75) is 45.3 Å². The molecule has 0 saturated carbocycles. The molecule has 12 heavy (non-hydrogen) atoms. The monoisotopic (exact) mass is 184 g/mol. The van der Waals surface area contributed by atoms with E-state index in [1.165, 1.54) is 12.8 Å². The lowest BCUT2D eigenvalue weighted by Gasteiger charge is -2.03. The minimum Gasteiger partial charge on any atom is -0.149 e. The summed E-state index contributed by atoms with van der Waals surface area (Å²) in [5.41, 5.74) is 0. The van der Waals surface area contributed by atoms with E-state index in [1.807, 2.05) is 11.8 Å². The molecule has 2 unspecified atom stereocenters. The smallest absolute Gasteiger partial charge is 0.0626 e. The Morgan fingerprint density at radius 3 is 2.50 bits per heavy atom. The lowest BCUT2D eigenvalue weighted by Crippen LogP contribution is -1.93. The second kappa shape index (κ2) is 7.55. The molecule has 0 bridgehead atoms. The van der Waals surface area contributed by atoms with Gasteiger partial charge in [0.2, 0.25) is 0 Å². The average Bonchev–Trinajstić information content (AvgIpc) is 2.04. The summed E-state index contributed by atoms with van der Waals surface area (Å²) in [6, 6.07) is 0. The van der Waals surface area contributed by atoms with E-state index in [9.17, 15) is 0 Å². The van der Waals surface area contributed by atoms with Gasteiger partial charge in [-0.25, -0.2) is 0 Å². The maximum atomic E-state index is 3.25. The zero-order valence-electron chi connectivity index (χ0n) is 8.68. The lowest BCUT2D eigenvalue weighted by molar-refractivity contribution is 0.539. The third-order valence-corrected chi connectivity index (χ3v) is 2.72. The quantitative estimate of drug-likeness (QED) is 0.602. The molecule has 70 valence electrons. The molecule has 0 aliphatic heterocycles. The van der Waals surface area contributed by atoms with E-state index in [-0.39, 0.29) is 0 Å². The molecule has 0 aromatic carbocycles. The fourth-order valence-corrected chi connectivity index (χ4v) is 1.23. The average molecular weight is 184 g/mol. The van der Waals surface area contributed by atoms with Crippen LogP contribution in [0.15, 0.2) is 0 Å². The fourth-order valence-electron chi connectivity index (χ4n) is 1.03. The van der Waals surface area contributed by atoms with Crippen molar-refractivity contribution < 1.29 is 0 Å². The van der Waals surface area contributed by atoms with Gasteiger partial charge in [0.25, 0.3) is 0 Å². The molecule has 0 rings (SSSR count). The summed E-state index contributed by atoms with van der Waals surface area (Å²) < 4.78 is 0. The second-order valence-corrected chi connectivity index (χ2v) is 4.48. The first-order valence-electron chi connectivity index (χ1n) is 4.71. The molecular weight excluding hydrogens is 164 g/mol. The Kier molecular flexibility index (Phi) is 7.50. The minimum absolute atomic E-state index is 0.499. The van der Waals surface area contributed by atoms with Gasteiger partial charge in [0.05, 0.1) is 5.25 Å². The molecule has 0 aromatic rings. The molecule has 0 fully saturated rings.